The summed E-state index contributed by atoms with van der Waals surface area (Å²) in [6.45, 7) is 7.35. The highest BCUT2D eigenvalue weighted by Crippen LogP contribution is 2.29. The van der Waals surface area contributed by atoms with Crippen molar-refractivity contribution in [2.45, 2.75) is 44.7 Å². The number of sulfonamides is 1. The summed E-state index contributed by atoms with van der Waals surface area (Å²) < 4.78 is 39.2. The maximum Gasteiger partial charge on any atom is 0.262 e. The number of carbonyl (C=O) groups is 1. The normalized spacial score (nSPS) is 11.4. The molecule has 0 heterocycles. The molecule has 0 saturated carbocycles. The molecule has 152 valence electrons. The quantitative estimate of drug-likeness (QED) is 0.701. The smallest absolute Gasteiger partial charge is 0.262 e. The van der Waals surface area contributed by atoms with Gasteiger partial charge >= 0.3 is 0 Å². The zero-order valence-electron chi connectivity index (χ0n) is 16.6. The fourth-order valence-corrected chi connectivity index (χ4v) is 3.58. The van der Waals surface area contributed by atoms with Crippen LogP contribution >= 0.6 is 0 Å². The second-order valence-electron chi connectivity index (χ2n) is 6.76. The Morgan fingerprint density at radius 2 is 1.68 bits per heavy atom. The summed E-state index contributed by atoms with van der Waals surface area (Å²) in [7, 11) is -2.52. The van der Waals surface area contributed by atoms with E-state index in [-0.39, 0.29) is 22.6 Å². The van der Waals surface area contributed by atoms with Crippen molar-refractivity contribution in [1.29, 1.82) is 0 Å². The molecule has 0 saturated heterocycles. The highest BCUT2D eigenvalue weighted by atomic mass is 32.2. The van der Waals surface area contributed by atoms with Gasteiger partial charge in [-0.2, -0.15) is 0 Å². The Kier molecular flexibility index (Phi) is 6.90. The Labute approximate surface area is 166 Å². The van der Waals surface area contributed by atoms with Crippen molar-refractivity contribution in [3.05, 3.63) is 48.0 Å². The summed E-state index contributed by atoms with van der Waals surface area (Å²) in [5.41, 5.74) is 0.464. The van der Waals surface area contributed by atoms with Crippen LogP contribution in [-0.4, -0.2) is 33.6 Å². The summed E-state index contributed by atoms with van der Waals surface area (Å²) in [6, 6.07) is 10.8. The monoisotopic (exact) mass is 406 g/mol. The molecule has 0 aliphatic carbocycles. The zero-order chi connectivity index (χ0) is 20.9. The van der Waals surface area contributed by atoms with E-state index in [4.69, 9.17) is 9.47 Å². The molecule has 1 amide bonds. The molecule has 0 aromatic heterocycles. The molecule has 0 atom stereocenters. The van der Waals surface area contributed by atoms with Gasteiger partial charge in [-0.3, -0.25) is 9.52 Å². The number of para-hydroxylation sites is 2. The number of amides is 1. The van der Waals surface area contributed by atoms with Gasteiger partial charge in [0, 0.05) is 6.04 Å². The number of ether oxygens (including phenoxy) is 2. The average molecular weight is 407 g/mol. The van der Waals surface area contributed by atoms with E-state index >= 15 is 0 Å². The van der Waals surface area contributed by atoms with Gasteiger partial charge < -0.3 is 14.8 Å². The van der Waals surface area contributed by atoms with Crippen molar-refractivity contribution in [3.8, 4) is 11.5 Å². The summed E-state index contributed by atoms with van der Waals surface area (Å²) in [5, 5.41) is 2.74. The van der Waals surface area contributed by atoms with Gasteiger partial charge in [0.25, 0.3) is 15.9 Å². The van der Waals surface area contributed by atoms with Crippen LogP contribution in [-0.2, 0) is 10.0 Å². The third kappa shape index (κ3) is 5.39. The van der Waals surface area contributed by atoms with Gasteiger partial charge in [0.2, 0.25) is 0 Å². The maximum atomic E-state index is 12.9. The summed E-state index contributed by atoms with van der Waals surface area (Å²) >= 11 is 0. The zero-order valence-corrected chi connectivity index (χ0v) is 17.5. The molecule has 28 heavy (non-hydrogen) atoms. The number of rotatable bonds is 8. The van der Waals surface area contributed by atoms with E-state index in [0.29, 0.717) is 17.2 Å². The second-order valence-corrected chi connectivity index (χ2v) is 8.44. The lowest BCUT2D eigenvalue weighted by molar-refractivity contribution is 0.0940. The highest BCUT2D eigenvalue weighted by molar-refractivity contribution is 7.92. The van der Waals surface area contributed by atoms with Crippen LogP contribution in [0.15, 0.2) is 47.4 Å². The molecule has 0 fully saturated rings. The maximum absolute atomic E-state index is 12.9. The van der Waals surface area contributed by atoms with Crippen LogP contribution in [0.1, 0.15) is 38.1 Å². The topological polar surface area (TPSA) is 93.7 Å². The van der Waals surface area contributed by atoms with E-state index < -0.39 is 15.9 Å². The minimum absolute atomic E-state index is 0.0541. The van der Waals surface area contributed by atoms with Crippen molar-refractivity contribution in [1.82, 2.24) is 5.32 Å². The molecule has 0 aliphatic rings. The van der Waals surface area contributed by atoms with E-state index in [0.717, 1.165) is 0 Å². The Morgan fingerprint density at radius 3 is 2.29 bits per heavy atom. The van der Waals surface area contributed by atoms with Gasteiger partial charge in [0.05, 0.1) is 29.4 Å². The van der Waals surface area contributed by atoms with Gasteiger partial charge in [-0.25, -0.2) is 8.42 Å². The number of nitrogens with one attached hydrogen (secondary N) is 2. The summed E-state index contributed by atoms with van der Waals surface area (Å²) in [4.78, 5) is 12.4. The molecule has 2 aromatic carbocycles. The fourth-order valence-electron chi connectivity index (χ4n) is 2.48. The van der Waals surface area contributed by atoms with E-state index in [1.807, 2.05) is 27.7 Å². The molecule has 7 nitrogen and oxygen atoms in total. The van der Waals surface area contributed by atoms with Gasteiger partial charge in [-0.05, 0) is 58.0 Å². The number of benzene rings is 2. The SMILES string of the molecule is COc1ccc(S(=O)(=O)Nc2ccccc2OC(C)C)cc1C(=O)NC(C)C. The molecule has 0 unspecified atom stereocenters. The predicted molar refractivity (Wildman–Crippen MR) is 109 cm³/mol. The lowest BCUT2D eigenvalue weighted by atomic mass is 10.2. The van der Waals surface area contributed by atoms with E-state index in [9.17, 15) is 13.2 Å². The molecule has 8 heteroatoms. The van der Waals surface area contributed by atoms with Crippen LogP contribution in [0.4, 0.5) is 5.69 Å². The molecule has 0 radical (unpaired) electrons. The first-order chi connectivity index (χ1) is 13.1. The molecule has 0 bridgehead atoms. The standard InChI is InChI=1S/C20H26N2O5S/c1-13(2)21-20(23)16-12-15(10-11-18(16)26-5)28(24,25)22-17-8-6-7-9-19(17)27-14(3)4/h6-14,22H,1-5H3,(H,21,23). The highest BCUT2D eigenvalue weighted by Gasteiger charge is 2.21. The van der Waals surface area contributed by atoms with Crippen LogP contribution in [0.2, 0.25) is 0 Å². The van der Waals surface area contributed by atoms with Crippen LogP contribution in [0.3, 0.4) is 0 Å². The number of carbonyl (C=O) groups excluding carboxylic acids is 1. The first-order valence-electron chi connectivity index (χ1n) is 8.91. The Bertz CT molecular complexity index is 939. The van der Waals surface area contributed by atoms with E-state index in [2.05, 4.69) is 10.0 Å². The largest absolute Gasteiger partial charge is 0.496 e. The minimum atomic E-state index is -3.95. The van der Waals surface area contributed by atoms with Crippen molar-refractivity contribution >= 4 is 21.6 Å². The Balaban J connectivity index is 2.40. The van der Waals surface area contributed by atoms with Crippen LogP contribution in [0.5, 0.6) is 11.5 Å². The first kappa shape index (κ1) is 21.6. The molecular formula is C20H26N2O5S. The molecule has 0 spiro atoms. The molecule has 0 aliphatic heterocycles. The van der Waals surface area contributed by atoms with Crippen molar-refractivity contribution in [2.75, 3.05) is 11.8 Å². The van der Waals surface area contributed by atoms with Crippen molar-refractivity contribution in [2.24, 2.45) is 0 Å². The third-order valence-electron chi connectivity index (χ3n) is 3.64. The van der Waals surface area contributed by atoms with E-state index in [1.165, 1.54) is 25.3 Å². The lowest BCUT2D eigenvalue weighted by Gasteiger charge is -2.16. The van der Waals surface area contributed by atoms with Gasteiger partial charge in [-0.15, -0.1) is 0 Å². The van der Waals surface area contributed by atoms with E-state index in [1.54, 1.807) is 24.3 Å². The van der Waals surface area contributed by atoms with Gasteiger partial charge in [-0.1, -0.05) is 12.1 Å². The molecule has 2 N–H and O–H groups in total. The third-order valence-corrected chi connectivity index (χ3v) is 5.00. The number of anilines is 1. The van der Waals surface area contributed by atoms with Crippen molar-refractivity contribution < 1.29 is 22.7 Å². The van der Waals surface area contributed by atoms with Crippen LogP contribution in [0.25, 0.3) is 0 Å². The minimum Gasteiger partial charge on any atom is -0.496 e. The average Bonchev–Trinajstić information content (AvgIpc) is 2.61. The van der Waals surface area contributed by atoms with Gasteiger partial charge in [0.15, 0.2) is 0 Å². The fraction of sp³-hybridized carbons (Fsp3) is 0.350. The number of hydrogen-bond donors (Lipinski definition) is 2. The molecular weight excluding hydrogens is 380 g/mol. The van der Waals surface area contributed by atoms with Crippen molar-refractivity contribution in [3.63, 3.8) is 0 Å². The second kappa shape index (κ2) is 8.97. The summed E-state index contributed by atoms with van der Waals surface area (Å²) in [5.74, 6) is 0.306. The summed E-state index contributed by atoms with van der Waals surface area (Å²) in [6.07, 6.45) is -0.113. The first-order valence-corrected chi connectivity index (χ1v) is 10.4. The van der Waals surface area contributed by atoms with Crippen LogP contribution < -0.4 is 19.5 Å². The Hall–Kier alpha value is -2.74. The van der Waals surface area contributed by atoms with Gasteiger partial charge in [0.1, 0.15) is 11.5 Å². The van der Waals surface area contributed by atoms with Crippen LogP contribution in [0, 0.1) is 0 Å². The number of methoxy groups -OCH3 is 1. The predicted octanol–water partition coefficient (Wildman–Crippen LogP) is 3.42. The lowest BCUT2D eigenvalue weighted by Crippen LogP contribution is -2.30. The molecule has 2 aromatic rings. The molecule has 2 rings (SSSR count). The Morgan fingerprint density at radius 1 is 1.00 bits per heavy atom. The number of hydrogen-bond acceptors (Lipinski definition) is 5.